The Labute approximate surface area is 116 Å². The smallest absolute Gasteiger partial charge is 0.403 e. The van der Waals surface area contributed by atoms with Crippen LogP contribution in [0, 0.1) is 5.82 Å². The Morgan fingerprint density at radius 2 is 1.85 bits per heavy atom. The Kier molecular flexibility index (Phi) is 4.90. The molecule has 0 aliphatic rings. The van der Waals surface area contributed by atoms with Crippen LogP contribution in [0.5, 0.6) is 5.75 Å². The molecular formula is C12H13F4NO2S. The summed E-state index contributed by atoms with van der Waals surface area (Å²) < 4.78 is 68.1. The normalized spacial score (nSPS) is 14.6. The van der Waals surface area contributed by atoms with Gasteiger partial charge in [0.25, 0.3) is 0 Å². The van der Waals surface area contributed by atoms with Gasteiger partial charge in [0.15, 0.2) is 11.6 Å². The molecule has 0 saturated heterocycles. The number of hydrogen-bond donors (Lipinski definition) is 0. The zero-order valence-corrected chi connectivity index (χ0v) is 11.8. The third-order valence-electron chi connectivity index (χ3n) is 2.03. The van der Waals surface area contributed by atoms with Crippen molar-refractivity contribution in [1.29, 1.82) is 0 Å². The Balaban J connectivity index is 3.01. The second kappa shape index (κ2) is 5.90. The first-order chi connectivity index (χ1) is 9.00. The lowest BCUT2D eigenvalue weighted by molar-refractivity contribution is -0.275. The molecule has 0 aliphatic carbocycles. The predicted molar refractivity (Wildman–Crippen MR) is 68.6 cm³/mol. The molecule has 0 fully saturated rings. The first-order valence-electron chi connectivity index (χ1n) is 5.51. The topological polar surface area (TPSA) is 38.7 Å². The fraction of sp³-hybridized carbons (Fsp3) is 0.417. The number of rotatable bonds is 3. The van der Waals surface area contributed by atoms with Gasteiger partial charge in [-0.2, -0.15) is 4.40 Å². The lowest BCUT2D eigenvalue weighted by Gasteiger charge is -2.13. The van der Waals surface area contributed by atoms with Gasteiger partial charge in [0.1, 0.15) is 11.0 Å². The van der Waals surface area contributed by atoms with Crippen LogP contribution >= 0.6 is 0 Å². The molecule has 0 N–H and O–H groups in total. The second-order valence-electron chi connectivity index (χ2n) is 4.80. The van der Waals surface area contributed by atoms with Gasteiger partial charge in [-0.3, -0.25) is 0 Å². The number of alkyl halides is 3. The Morgan fingerprint density at radius 1 is 1.25 bits per heavy atom. The van der Waals surface area contributed by atoms with Crippen molar-refractivity contribution >= 4 is 17.2 Å². The molecule has 0 heterocycles. The number of nitrogens with zero attached hydrogens (tertiary/aromatic N) is 1. The lowest BCUT2D eigenvalue weighted by atomic mass is 10.2. The van der Waals surface area contributed by atoms with E-state index in [4.69, 9.17) is 0 Å². The van der Waals surface area contributed by atoms with E-state index in [-0.39, 0.29) is 5.56 Å². The van der Waals surface area contributed by atoms with Gasteiger partial charge in [0.2, 0.25) is 0 Å². The number of benzene rings is 1. The highest BCUT2D eigenvalue weighted by molar-refractivity contribution is 7.85. The molecule has 1 atom stereocenters. The van der Waals surface area contributed by atoms with Gasteiger partial charge in [0.05, 0.1) is 4.75 Å². The third kappa shape index (κ3) is 4.92. The van der Waals surface area contributed by atoms with E-state index in [9.17, 15) is 21.8 Å². The van der Waals surface area contributed by atoms with E-state index in [1.807, 2.05) is 0 Å². The maximum Gasteiger partial charge on any atom is 0.573 e. The molecule has 1 aromatic rings. The molecule has 0 unspecified atom stereocenters. The molecule has 0 radical (unpaired) electrons. The van der Waals surface area contributed by atoms with E-state index in [1.54, 1.807) is 20.8 Å². The van der Waals surface area contributed by atoms with Crippen molar-refractivity contribution in [2.45, 2.75) is 31.9 Å². The molecule has 0 amide bonds. The van der Waals surface area contributed by atoms with Crippen molar-refractivity contribution in [3.8, 4) is 5.75 Å². The van der Waals surface area contributed by atoms with Gasteiger partial charge in [-0.05, 0) is 26.8 Å². The summed E-state index contributed by atoms with van der Waals surface area (Å²) in [5, 5.41) is 0. The average Bonchev–Trinajstić information content (AvgIpc) is 2.27. The van der Waals surface area contributed by atoms with Gasteiger partial charge in [-0.15, -0.1) is 13.2 Å². The molecule has 3 nitrogen and oxygen atoms in total. The van der Waals surface area contributed by atoms with Gasteiger partial charge < -0.3 is 4.74 Å². The van der Waals surface area contributed by atoms with E-state index in [1.165, 1.54) is 12.1 Å². The minimum Gasteiger partial charge on any atom is -0.403 e. The second-order valence-corrected chi connectivity index (χ2v) is 6.74. The van der Waals surface area contributed by atoms with Crippen molar-refractivity contribution in [3.63, 3.8) is 0 Å². The van der Waals surface area contributed by atoms with Crippen molar-refractivity contribution in [1.82, 2.24) is 0 Å². The van der Waals surface area contributed by atoms with Crippen LogP contribution in [0.2, 0.25) is 0 Å². The van der Waals surface area contributed by atoms with Crippen LogP contribution in [0.3, 0.4) is 0 Å². The number of hydrogen-bond acceptors (Lipinski definition) is 2. The highest BCUT2D eigenvalue weighted by Crippen LogP contribution is 2.26. The summed E-state index contributed by atoms with van der Waals surface area (Å²) in [5.74, 6) is -2.16. The molecule has 0 spiro atoms. The Hall–Kier alpha value is -1.44. The predicted octanol–water partition coefficient (Wildman–Crippen LogP) is 3.61. The fourth-order valence-electron chi connectivity index (χ4n) is 1.09. The maximum atomic E-state index is 13.7. The summed E-state index contributed by atoms with van der Waals surface area (Å²) in [4.78, 5) is 0. The summed E-state index contributed by atoms with van der Waals surface area (Å²) in [7, 11) is -1.63. The highest BCUT2D eigenvalue weighted by Gasteiger charge is 2.32. The largest absolute Gasteiger partial charge is 0.573 e. The minimum absolute atomic E-state index is 0.232. The van der Waals surface area contributed by atoms with Crippen LogP contribution in [-0.4, -0.2) is 21.5 Å². The van der Waals surface area contributed by atoms with Crippen molar-refractivity contribution in [2.75, 3.05) is 0 Å². The number of halogens is 4. The van der Waals surface area contributed by atoms with Crippen molar-refractivity contribution in [2.24, 2.45) is 4.40 Å². The Bertz CT molecular complexity index is 535. The van der Waals surface area contributed by atoms with Gasteiger partial charge >= 0.3 is 6.36 Å². The zero-order chi connectivity index (χ0) is 15.6. The van der Waals surface area contributed by atoms with Gasteiger partial charge in [-0.25, -0.2) is 8.60 Å². The van der Waals surface area contributed by atoms with Crippen LogP contribution in [0.15, 0.2) is 22.6 Å². The molecule has 112 valence electrons. The van der Waals surface area contributed by atoms with E-state index in [0.717, 1.165) is 12.3 Å². The monoisotopic (exact) mass is 311 g/mol. The van der Waals surface area contributed by atoms with Crippen molar-refractivity contribution in [3.05, 3.63) is 29.6 Å². The molecule has 1 aromatic carbocycles. The Morgan fingerprint density at radius 3 is 2.35 bits per heavy atom. The van der Waals surface area contributed by atoms with Crippen LogP contribution in [0.1, 0.15) is 26.3 Å². The summed E-state index contributed by atoms with van der Waals surface area (Å²) in [5.41, 5.74) is -0.232. The first-order valence-corrected chi connectivity index (χ1v) is 6.62. The minimum atomic E-state index is -4.98. The van der Waals surface area contributed by atoms with Gasteiger partial charge in [-0.1, -0.05) is 12.1 Å². The SMILES string of the molecule is CC(C)(C)[S@](=O)/N=C/c1cccc(OC(F)(F)F)c1F. The molecule has 8 heteroatoms. The molecule has 1 rings (SSSR count). The van der Waals surface area contributed by atoms with Crippen LogP contribution < -0.4 is 4.74 Å². The molecule has 0 aliphatic heterocycles. The van der Waals surface area contributed by atoms with E-state index in [2.05, 4.69) is 9.13 Å². The van der Waals surface area contributed by atoms with Crippen LogP contribution in [0.4, 0.5) is 17.6 Å². The molecule has 0 saturated carbocycles. The molecule has 20 heavy (non-hydrogen) atoms. The average molecular weight is 311 g/mol. The first kappa shape index (κ1) is 16.6. The van der Waals surface area contributed by atoms with Gasteiger partial charge in [0, 0.05) is 11.8 Å². The van der Waals surface area contributed by atoms with Crippen LogP contribution in [0.25, 0.3) is 0 Å². The summed E-state index contributed by atoms with van der Waals surface area (Å²) in [6, 6.07) is 3.24. The summed E-state index contributed by atoms with van der Waals surface area (Å²) in [6.07, 6.45) is -4.05. The zero-order valence-electron chi connectivity index (χ0n) is 11.0. The highest BCUT2D eigenvalue weighted by atomic mass is 32.2. The molecular weight excluding hydrogens is 298 g/mol. The van der Waals surface area contributed by atoms with E-state index >= 15 is 0 Å². The lowest BCUT2D eigenvalue weighted by Crippen LogP contribution is -2.20. The standard InChI is InChI=1S/C12H13F4NO2S/c1-11(2,3)20(18)17-7-8-5-4-6-9(10(8)13)19-12(14,15)16/h4-7H,1-3H3/b17-7+/t20-/m0/s1. The van der Waals surface area contributed by atoms with Crippen LogP contribution in [-0.2, 0) is 11.0 Å². The van der Waals surface area contributed by atoms with E-state index < -0.39 is 33.7 Å². The number of ether oxygens (including phenoxy) is 1. The fourth-order valence-corrected chi connectivity index (χ4v) is 1.62. The molecule has 0 aromatic heterocycles. The summed E-state index contributed by atoms with van der Waals surface area (Å²) in [6.45, 7) is 5.00. The third-order valence-corrected chi connectivity index (χ3v) is 3.37. The maximum absolute atomic E-state index is 13.7. The van der Waals surface area contributed by atoms with Crippen molar-refractivity contribution < 1.29 is 26.5 Å². The van der Waals surface area contributed by atoms with E-state index in [0.29, 0.717) is 0 Å². The quantitative estimate of drug-likeness (QED) is 0.632. The summed E-state index contributed by atoms with van der Waals surface area (Å²) >= 11 is 0. The molecule has 0 bridgehead atoms.